The van der Waals surface area contributed by atoms with Crippen LogP contribution < -0.4 is 5.73 Å². The first-order chi connectivity index (χ1) is 28.1. The van der Waals surface area contributed by atoms with Gasteiger partial charge in [-0.2, -0.15) is 0 Å². The average Bonchev–Trinajstić information content (AvgIpc) is 3.20. The number of rotatable bonds is 40. The third-order valence-electron chi connectivity index (χ3n) is 8.93. The quantitative estimate of drug-likeness (QED) is 0.0232. The molecule has 0 aliphatic carbocycles. The standard InChI is InChI=1S/C46H78NO10P/c1-3-5-7-9-11-13-15-17-19-21-23-25-27-29-31-33-35-37-44(48)54-39-42(40-55-58(52,53)56-41-43(47)46(50)51)57-45(49)38-36-34-32-30-28-26-24-22-20-18-16-14-12-10-8-6-4-2/h11,13,17,19,23-26,29-32,42-43H,3-10,12,14-16,18,20-22,27-28,33-41,47H2,1-2H3,(H,50,51)(H,52,53)/b13-11+,19-17+,25-23+,26-24+,31-29+,32-30+/t42-,43+/m1/s1. The van der Waals surface area contributed by atoms with Crippen LogP contribution in [0.3, 0.4) is 0 Å². The van der Waals surface area contributed by atoms with E-state index in [1.165, 1.54) is 77.0 Å². The van der Waals surface area contributed by atoms with Gasteiger partial charge in [0.25, 0.3) is 0 Å². The van der Waals surface area contributed by atoms with Crippen molar-refractivity contribution in [3.63, 3.8) is 0 Å². The van der Waals surface area contributed by atoms with E-state index in [1.807, 2.05) is 18.2 Å². The van der Waals surface area contributed by atoms with Crippen molar-refractivity contribution >= 4 is 25.7 Å². The van der Waals surface area contributed by atoms with Gasteiger partial charge in [-0.15, -0.1) is 0 Å². The van der Waals surface area contributed by atoms with Crippen LogP contribution in [-0.2, 0) is 37.5 Å². The Morgan fingerprint density at radius 3 is 1.40 bits per heavy atom. The average molecular weight is 836 g/mol. The minimum Gasteiger partial charge on any atom is -0.480 e. The number of aliphatic carboxylic acids is 1. The summed E-state index contributed by atoms with van der Waals surface area (Å²) in [6.45, 7) is 2.67. The van der Waals surface area contributed by atoms with E-state index in [9.17, 15) is 23.8 Å². The van der Waals surface area contributed by atoms with Gasteiger partial charge in [-0.25, -0.2) is 4.57 Å². The molecule has 0 saturated carbocycles. The molecule has 0 radical (unpaired) electrons. The number of phosphoric ester groups is 1. The second-order valence-electron chi connectivity index (χ2n) is 14.5. The molecule has 3 atom stereocenters. The van der Waals surface area contributed by atoms with Crippen LogP contribution in [0.1, 0.15) is 168 Å². The van der Waals surface area contributed by atoms with Crippen molar-refractivity contribution in [2.45, 2.75) is 180 Å². The lowest BCUT2D eigenvalue weighted by atomic mass is 10.1. The van der Waals surface area contributed by atoms with Gasteiger partial charge in [-0.3, -0.25) is 23.4 Å². The SMILES string of the molecule is CCCCC/C=C/C/C=C/C/C=C/C/C=C/CCCC(=O)OC[C@H](COP(=O)(O)OC[C@H](N)C(=O)O)OC(=O)CCC/C=C/C/C=C/CCCCCCCCCCC. The number of allylic oxidation sites excluding steroid dienone is 12. The molecule has 0 amide bonds. The van der Waals surface area contributed by atoms with Gasteiger partial charge < -0.3 is 25.2 Å². The number of esters is 2. The summed E-state index contributed by atoms with van der Waals surface area (Å²) in [5.74, 6) is -2.52. The third kappa shape index (κ3) is 39.7. The number of carbonyl (C=O) groups excluding carboxylic acids is 2. The van der Waals surface area contributed by atoms with Gasteiger partial charge in [0.15, 0.2) is 6.10 Å². The predicted octanol–water partition coefficient (Wildman–Crippen LogP) is 11.7. The second-order valence-corrected chi connectivity index (χ2v) is 15.9. The molecule has 0 spiro atoms. The largest absolute Gasteiger partial charge is 0.480 e. The predicted molar refractivity (Wildman–Crippen MR) is 235 cm³/mol. The summed E-state index contributed by atoms with van der Waals surface area (Å²) in [6, 6.07) is -1.54. The molecule has 0 aliphatic heterocycles. The van der Waals surface area contributed by atoms with Crippen molar-refractivity contribution in [3.8, 4) is 0 Å². The summed E-state index contributed by atoms with van der Waals surface area (Å²) in [4.78, 5) is 45.9. The number of nitrogens with two attached hydrogens (primary N) is 1. The number of ether oxygens (including phenoxy) is 2. The summed E-state index contributed by atoms with van der Waals surface area (Å²) in [5, 5.41) is 8.89. The van der Waals surface area contributed by atoms with Crippen molar-refractivity contribution in [1.29, 1.82) is 0 Å². The lowest BCUT2D eigenvalue weighted by Crippen LogP contribution is -2.34. The van der Waals surface area contributed by atoms with Crippen LogP contribution in [0, 0.1) is 0 Å². The topological polar surface area (TPSA) is 172 Å². The van der Waals surface area contributed by atoms with Crippen LogP contribution >= 0.6 is 7.82 Å². The maximum Gasteiger partial charge on any atom is 0.472 e. The molecule has 1 unspecified atom stereocenters. The zero-order chi connectivity index (χ0) is 42.8. The molecule has 332 valence electrons. The van der Waals surface area contributed by atoms with Crippen molar-refractivity contribution in [3.05, 3.63) is 72.9 Å². The van der Waals surface area contributed by atoms with E-state index >= 15 is 0 Å². The molecular weight excluding hydrogens is 757 g/mol. The highest BCUT2D eigenvalue weighted by Gasteiger charge is 2.28. The molecule has 0 rings (SSSR count). The Labute approximate surface area is 350 Å². The van der Waals surface area contributed by atoms with Gasteiger partial charge in [0, 0.05) is 12.8 Å². The van der Waals surface area contributed by atoms with Crippen LogP contribution in [0.2, 0.25) is 0 Å². The lowest BCUT2D eigenvalue weighted by molar-refractivity contribution is -0.161. The number of phosphoric acid groups is 1. The van der Waals surface area contributed by atoms with Gasteiger partial charge in [0.2, 0.25) is 0 Å². The molecule has 0 aromatic rings. The number of carbonyl (C=O) groups is 3. The van der Waals surface area contributed by atoms with Gasteiger partial charge in [-0.05, 0) is 77.0 Å². The molecule has 4 N–H and O–H groups in total. The van der Waals surface area contributed by atoms with Gasteiger partial charge in [0.05, 0.1) is 13.2 Å². The van der Waals surface area contributed by atoms with E-state index in [1.54, 1.807) is 0 Å². The van der Waals surface area contributed by atoms with E-state index in [0.29, 0.717) is 25.7 Å². The normalized spacial score (nSPS) is 14.4. The number of unbranched alkanes of at least 4 members (excludes halogenated alkanes) is 14. The Morgan fingerprint density at radius 2 is 0.914 bits per heavy atom. The van der Waals surface area contributed by atoms with Gasteiger partial charge in [-0.1, -0.05) is 151 Å². The molecule has 0 aromatic heterocycles. The molecule has 0 heterocycles. The first-order valence-electron chi connectivity index (χ1n) is 22.0. The van der Waals surface area contributed by atoms with Crippen molar-refractivity contribution in [2.24, 2.45) is 5.73 Å². The maximum absolute atomic E-state index is 12.6. The van der Waals surface area contributed by atoms with E-state index in [2.05, 4.69) is 73.1 Å². The minimum atomic E-state index is -4.74. The summed E-state index contributed by atoms with van der Waals surface area (Å²) < 4.78 is 32.6. The van der Waals surface area contributed by atoms with Crippen LogP contribution in [0.15, 0.2) is 72.9 Å². The van der Waals surface area contributed by atoms with E-state index in [-0.39, 0.29) is 12.8 Å². The van der Waals surface area contributed by atoms with E-state index < -0.39 is 57.7 Å². The number of carboxylic acid groups (broad SMARTS) is 1. The van der Waals surface area contributed by atoms with Crippen LogP contribution in [0.4, 0.5) is 0 Å². The molecule has 11 nitrogen and oxygen atoms in total. The molecule has 12 heteroatoms. The third-order valence-corrected chi connectivity index (χ3v) is 9.88. The highest BCUT2D eigenvalue weighted by atomic mass is 31.2. The Balaban J connectivity index is 4.53. The first kappa shape index (κ1) is 54.9. The van der Waals surface area contributed by atoms with E-state index in [4.69, 9.17) is 24.8 Å². The molecule has 0 bridgehead atoms. The summed E-state index contributed by atoms with van der Waals surface area (Å²) in [6.07, 6.45) is 48.4. The highest BCUT2D eigenvalue weighted by Crippen LogP contribution is 2.43. The van der Waals surface area contributed by atoms with Crippen LogP contribution in [-0.4, -0.2) is 59.9 Å². The fourth-order valence-electron chi connectivity index (χ4n) is 5.45. The van der Waals surface area contributed by atoms with Gasteiger partial charge >= 0.3 is 25.7 Å². The Hall–Kier alpha value is -3.08. The summed E-state index contributed by atoms with van der Waals surface area (Å²) in [7, 11) is -4.74. The number of hydrogen-bond donors (Lipinski definition) is 3. The fourth-order valence-corrected chi connectivity index (χ4v) is 6.23. The molecule has 0 saturated heterocycles. The highest BCUT2D eigenvalue weighted by molar-refractivity contribution is 7.47. The zero-order valence-corrected chi connectivity index (χ0v) is 36.8. The molecule has 58 heavy (non-hydrogen) atoms. The maximum atomic E-state index is 12.6. The Bertz CT molecular complexity index is 1260. The monoisotopic (exact) mass is 836 g/mol. The molecule has 0 aliphatic rings. The van der Waals surface area contributed by atoms with Gasteiger partial charge in [0.1, 0.15) is 12.6 Å². The van der Waals surface area contributed by atoms with Crippen molar-refractivity contribution in [2.75, 3.05) is 19.8 Å². The van der Waals surface area contributed by atoms with Crippen molar-refractivity contribution < 1.29 is 47.5 Å². The summed E-state index contributed by atoms with van der Waals surface area (Å²) in [5.41, 5.74) is 5.33. The number of hydrogen-bond acceptors (Lipinski definition) is 9. The van der Waals surface area contributed by atoms with Crippen molar-refractivity contribution in [1.82, 2.24) is 0 Å². The molecule has 0 aromatic carbocycles. The second kappa shape index (κ2) is 40.7. The minimum absolute atomic E-state index is 0.0824. The van der Waals surface area contributed by atoms with Crippen LogP contribution in [0.25, 0.3) is 0 Å². The molecule has 0 fully saturated rings. The summed E-state index contributed by atoms with van der Waals surface area (Å²) >= 11 is 0. The first-order valence-corrected chi connectivity index (χ1v) is 23.5. The smallest absolute Gasteiger partial charge is 0.472 e. The number of carboxylic acids is 1. The Morgan fingerprint density at radius 1 is 0.534 bits per heavy atom. The Kier molecular flexibility index (Phi) is 38.5. The molecular formula is C46H78NO10P. The lowest BCUT2D eigenvalue weighted by Gasteiger charge is -2.20. The van der Waals surface area contributed by atoms with Crippen LogP contribution in [0.5, 0.6) is 0 Å². The van der Waals surface area contributed by atoms with E-state index in [0.717, 1.165) is 38.5 Å². The zero-order valence-electron chi connectivity index (χ0n) is 35.9. The fraction of sp³-hybridized carbons (Fsp3) is 0.674.